The van der Waals surface area contributed by atoms with Crippen molar-refractivity contribution in [3.05, 3.63) is 0 Å². The van der Waals surface area contributed by atoms with Gasteiger partial charge in [0, 0.05) is 31.5 Å². The average Bonchev–Trinajstić information content (AvgIpc) is 2.90. The lowest BCUT2D eigenvalue weighted by Crippen LogP contribution is -2.42. The standard InChI is InChI=1S/C19H37N3OS.HI/c1-20-19(22-16-11-12-18(15-16)24-2)21-13-7-8-14-23-17-9-5-3-4-6-10-17;/h16-18H,3-15H2,1-2H3,(H2,20,21,22);1H. The van der Waals surface area contributed by atoms with Crippen molar-refractivity contribution in [3.63, 3.8) is 0 Å². The van der Waals surface area contributed by atoms with Gasteiger partial charge in [-0.05, 0) is 51.2 Å². The molecule has 0 aromatic carbocycles. The third kappa shape index (κ3) is 9.70. The van der Waals surface area contributed by atoms with Crippen LogP contribution in [0, 0.1) is 0 Å². The minimum absolute atomic E-state index is 0. The van der Waals surface area contributed by atoms with Gasteiger partial charge in [-0.2, -0.15) is 11.8 Å². The molecule has 0 spiro atoms. The van der Waals surface area contributed by atoms with E-state index in [4.69, 9.17) is 4.74 Å². The minimum Gasteiger partial charge on any atom is -0.378 e. The third-order valence-corrected chi connectivity index (χ3v) is 6.40. The van der Waals surface area contributed by atoms with E-state index in [1.807, 2.05) is 18.8 Å². The Balaban J connectivity index is 0.00000312. The molecule has 0 aliphatic heterocycles. The van der Waals surface area contributed by atoms with Crippen molar-refractivity contribution in [1.29, 1.82) is 0 Å². The van der Waals surface area contributed by atoms with Gasteiger partial charge in [0.2, 0.25) is 0 Å². The molecule has 2 rings (SSSR count). The lowest BCUT2D eigenvalue weighted by Gasteiger charge is -2.18. The number of thioether (sulfide) groups is 1. The Bertz CT molecular complexity index is 363. The Kier molecular flexibility index (Phi) is 13.4. The van der Waals surface area contributed by atoms with Crippen LogP contribution < -0.4 is 10.6 Å². The SMILES string of the molecule is CN=C(NCCCCOC1CCCCCC1)NC1CCC(SC)C1.I. The van der Waals surface area contributed by atoms with Crippen LogP contribution in [0.15, 0.2) is 4.99 Å². The molecule has 2 atom stereocenters. The van der Waals surface area contributed by atoms with Crippen LogP contribution in [0.3, 0.4) is 0 Å². The van der Waals surface area contributed by atoms with Gasteiger partial charge in [0.05, 0.1) is 6.10 Å². The summed E-state index contributed by atoms with van der Waals surface area (Å²) in [7, 11) is 1.87. The van der Waals surface area contributed by atoms with Crippen molar-refractivity contribution >= 4 is 41.7 Å². The molecule has 148 valence electrons. The van der Waals surface area contributed by atoms with Crippen LogP contribution in [0.4, 0.5) is 0 Å². The molecule has 4 nitrogen and oxygen atoms in total. The van der Waals surface area contributed by atoms with E-state index in [0.717, 1.165) is 37.2 Å². The molecule has 0 radical (unpaired) electrons. The van der Waals surface area contributed by atoms with Gasteiger partial charge in [-0.1, -0.05) is 25.7 Å². The van der Waals surface area contributed by atoms with Gasteiger partial charge < -0.3 is 15.4 Å². The van der Waals surface area contributed by atoms with Gasteiger partial charge in [-0.25, -0.2) is 0 Å². The van der Waals surface area contributed by atoms with Crippen LogP contribution in [0.1, 0.15) is 70.6 Å². The summed E-state index contributed by atoms with van der Waals surface area (Å²) in [4.78, 5) is 4.36. The number of nitrogens with one attached hydrogen (secondary N) is 2. The van der Waals surface area contributed by atoms with E-state index in [0.29, 0.717) is 12.1 Å². The predicted molar refractivity (Wildman–Crippen MR) is 122 cm³/mol. The fourth-order valence-corrected chi connectivity index (χ4v) is 4.56. The zero-order valence-corrected chi connectivity index (χ0v) is 19.2. The lowest BCUT2D eigenvalue weighted by atomic mass is 10.1. The zero-order valence-electron chi connectivity index (χ0n) is 16.1. The molecule has 0 aromatic rings. The number of halogens is 1. The smallest absolute Gasteiger partial charge is 0.191 e. The lowest BCUT2D eigenvalue weighted by molar-refractivity contribution is 0.0411. The second-order valence-corrected chi connectivity index (χ2v) is 8.34. The molecule has 0 heterocycles. The van der Waals surface area contributed by atoms with Gasteiger partial charge in [0.1, 0.15) is 0 Å². The van der Waals surface area contributed by atoms with Crippen LogP contribution in [-0.2, 0) is 4.74 Å². The Morgan fingerprint density at radius 3 is 2.48 bits per heavy atom. The van der Waals surface area contributed by atoms with Crippen LogP contribution in [0.25, 0.3) is 0 Å². The van der Waals surface area contributed by atoms with Crippen molar-refractivity contribution in [1.82, 2.24) is 10.6 Å². The third-order valence-electron chi connectivity index (χ3n) is 5.30. The topological polar surface area (TPSA) is 45.7 Å². The van der Waals surface area contributed by atoms with Crippen molar-refractivity contribution in [2.45, 2.75) is 88.0 Å². The van der Waals surface area contributed by atoms with Crippen LogP contribution in [0.2, 0.25) is 0 Å². The van der Waals surface area contributed by atoms with Crippen molar-refractivity contribution in [2.24, 2.45) is 4.99 Å². The van der Waals surface area contributed by atoms with Gasteiger partial charge in [-0.15, -0.1) is 24.0 Å². The second-order valence-electron chi connectivity index (χ2n) is 7.20. The first kappa shape index (κ1) is 23.3. The highest BCUT2D eigenvalue weighted by atomic mass is 127. The Hall–Kier alpha value is 0.310. The first-order valence-electron chi connectivity index (χ1n) is 9.93. The largest absolute Gasteiger partial charge is 0.378 e. The van der Waals surface area contributed by atoms with Crippen LogP contribution in [-0.4, -0.2) is 49.8 Å². The molecule has 0 bridgehead atoms. The van der Waals surface area contributed by atoms with Crippen LogP contribution >= 0.6 is 35.7 Å². The first-order valence-corrected chi connectivity index (χ1v) is 11.2. The van der Waals surface area contributed by atoms with E-state index >= 15 is 0 Å². The van der Waals surface area contributed by atoms with Gasteiger partial charge >= 0.3 is 0 Å². The molecule has 6 heteroatoms. The van der Waals surface area contributed by atoms with Gasteiger partial charge in [-0.3, -0.25) is 4.99 Å². The van der Waals surface area contributed by atoms with E-state index in [1.54, 1.807) is 0 Å². The summed E-state index contributed by atoms with van der Waals surface area (Å²) in [5.74, 6) is 0.964. The summed E-state index contributed by atoms with van der Waals surface area (Å²) < 4.78 is 6.05. The maximum atomic E-state index is 6.05. The number of hydrogen-bond donors (Lipinski definition) is 2. The molecule has 2 N–H and O–H groups in total. The molecular weight excluding hydrogens is 445 g/mol. The van der Waals surface area contributed by atoms with E-state index in [9.17, 15) is 0 Å². The normalized spacial score (nSPS) is 25.3. The predicted octanol–water partition coefficient (Wildman–Crippen LogP) is 4.57. The summed E-state index contributed by atoms with van der Waals surface area (Å²) in [5, 5.41) is 7.85. The molecule has 2 aliphatic carbocycles. The van der Waals surface area contributed by atoms with E-state index in [1.165, 1.54) is 57.8 Å². The Morgan fingerprint density at radius 1 is 1.08 bits per heavy atom. The summed E-state index contributed by atoms with van der Waals surface area (Å²) in [6, 6.07) is 0.590. The molecule has 2 aliphatic rings. The van der Waals surface area contributed by atoms with E-state index in [2.05, 4.69) is 21.9 Å². The summed E-state index contributed by atoms with van der Waals surface area (Å²) in [6.07, 6.45) is 16.9. The maximum absolute atomic E-state index is 6.05. The molecule has 0 aromatic heterocycles. The molecule has 2 unspecified atom stereocenters. The van der Waals surface area contributed by atoms with E-state index < -0.39 is 0 Å². The highest BCUT2D eigenvalue weighted by Crippen LogP contribution is 2.28. The number of guanidine groups is 1. The summed E-state index contributed by atoms with van der Waals surface area (Å²) in [6.45, 7) is 1.89. The monoisotopic (exact) mass is 483 g/mol. The van der Waals surface area contributed by atoms with E-state index in [-0.39, 0.29) is 24.0 Å². The molecular formula is C19H38IN3OS. The fourth-order valence-electron chi connectivity index (χ4n) is 3.77. The molecule has 0 amide bonds. The van der Waals surface area contributed by atoms with Gasteiger partial charge in [0.15, 0.2) is 5.96 Å². The number of aliphatic imine (C=N–C) groups is 1. The fraction of sp³-hybridized carbons (Fsp3) is 0.947. The highest BCUT2D eigenvalue weighted by molar-refractivity contribution is 14.0. The summed E-state index contributed by atoms with van der Waals surface area (Å²) in [5.41, 5.74) is 0. The van der Waals surface area contributed by atoms with Crippen molar-refractivity contribution in [3.8, 4) is 0 Å². The summed E-state index contributed by atoms with van der Waals surface area (Å²) >= 11 is 2.00. The van der Waals surface area contributed by atoms with Gasteiger partial charge in [0.25, 0.3) is 0 Å². The average molecular weight is 484 g/mol. The second kappa shape index (κ2) is 14.4. The molecule has 0 saturated heterocycles. The quantitative estimate of drug-likeness (QED) is 0.175. The first-order chi connectivity index (χ1) is 11.8. The maximum Gasteiger partial charge on any atom is 0.191 e. The number of rotatable bonds is 8. The minimum atomic E-state index is 0. The molecule has 2 fully saturated rings. The number of unbranched alkanes of at least 4 members (excludes halogenated alkanes) is 1. The highest BCUT2D eigenvalue weighted by Gasteiger charge is 2.24. The number of nitrogens with zero attached hydrogens (tertiary/aromatic N) is 1. The number of hydrogen-bond acceptors (Lipinski definition) is 3. The Morgan fingerprint density at radius 2 is 1.84 bits per heavy atom. The van der Waals surface area contributed by atoms with Crippen molar-refractivity contribution < 1.29 is 4.74 Å². The molecule has 2 saturated carbocycles. The zero-order chi connectivity index (χ0) is 17.0. The Labute approximate surface area is 176 Å². The molecule has 25 heavy (non-hydrogen) atoms. The number of ether oxygens (including phenoxy) is 1. The van der Waals surface area contributed by atoms with Crippen molar-refractivity contribution in [2.75, 3.05) is 26.5 Å². The van der Waals surface area contributed by atoms with Crippen LogP contribution in [0.5, 0.6) is 0 Å².